The van der Waals surface area contributed by atoms with Crippen molar-refractivity contribution in [1.82, 2.24) is 15.0 Å². The first-order valence-electron chi connectivity index (χ1n) is 4.46. The van der Waals surface area contributed by atoms with Crippen LogP contribution in [0.3, 0.4) is 0 Å². The van der Waals surface area contributed by atoms with Gasteiger partial charge in [0, 0.05) is 6.04 Å². The number of alkyl halides is 5. The molecule has 0 aliphatic heterocycles. The van der Waals surface area contributed by atoms with E-state index in [1.54, 1.807) is 11.6 Å². The van der Waals surface area contributed by atoms with Crippen LogP contribution in [0.15, 0.2) is 0 Å². The molecule has 3 nitrogen and oxygen atoms in total. The molecule has 1 aromatic heterocycles. The zero-order valence-electron chi connectivity index (χ0n) is 8.81. The number of aromatic nitrogens is 3. The Bertz CT molecular complexity index is 380. The summed E-state index contributed by atoms with van der Waals surface area (Å²) in [4.78, 5) is 0. The zero-order valence-corrected chi connectivity index (χ0v) is 12.6. The third kappa shape index (κ3) is 2.54. The molecule has 0 amide bonds. The van der Waals surface area contributed by atoms with Gasteiger partial charge in [0.05, 0.1) is 5.69 Å². The second-order valence-corrected chi connectivity index (χ2v) is 7.24. The molecule has 1 aromatic rings. The van der Waals surface area contributed by atoms with Gasteiger partial charge in [-0.25, -0.2) is 4.68 Å². The topological polar surface area (TPSA) is 30.7 Å². The number of hydrogen-bond donors (Lipinski definition) is 0. The van der Waals surface area contributed by atoms with Gasteiger partial charge >= 0.3 is 0 Å². The standard InChI is InChI=1S/C8H10Cl5N3/c1-4(2)16-5(3)6(14-15-16)7(9,10)8(11,12)13/h4H,1-3H3. The van der Waals surface area contributed by atoms with Gasteiger partial charge in [0.2, 0.25) is 8.13 Å². The first kappa shape index (κ1) is 14.7. The second-order valence-electron chi connectivity index (χ2n) is 3.63. The molecule has 16 heavy (non-hydrogen) atoms. The van der Waals surface area contributed by atoms with E-state index >= 15 is 0 Å². The fraction of sp³-hybridized carbons (Fsp3) is 0.750. The first-order chi connectivity index (χ1) is 7.09. The van der Waals surface area contributed by atoms with Crippen molar-refractivity contribution in [2.45, 2.75) is 34.9 Å². The molecule has 0 N–H and O–H groups in total. The fourth-order valence-corrected chi connectivity index (χ4v) is 1.87. The lowest BCUT2D eigenvalue weighted by atomic mass is 10.2. The Morgan fingerprint density at radius 1 is 1.12 bits per heavy atom. The minimum Gasteiger partial charge on any atom is -0.247 e. The van der Waals surface area contributed by atoms with Crippen LogP contribution in [0.1, 0.15) is 31.3 Å². The van der Waals surface area contributed by atoms with Crippen LogP contribution >= 0.6 is 58.0 Å². The lowest BCUT2D eigenvalue weighted by Crippen LogP contribution is -2.29. The van der Waals surface area contributed by atoms with Gasteiger partial charge in [-0.15, -0.1) is 5.10 Å². The number of hydrogen-bond acceptors (Lipinski definition) is 2. The Hall–Kier alpha value is 0.590. The van der Waals surface area contributed by atoms with Gasteiger partial charge in [0.15, 0.2) is 0 Å². The molecular formula is C8H10Cl5N3. The highest BCUT2D eigenvalue weighted by Crippen LogP contribution is 2.52. The average Bonchev–Trinajstić information content (AvgIpc) is 2.44. The summed E-state index contributed by atoms with van der Waals surface area (Å²) in [5.41, 5.74) is 0.927. The van der Waals surface area contributed by atoms with Gasteiger partial charge < -0.3 is 0 Å². The van der Waals surface area contributed by atoms with Crippen LogP contribution in [-0.4, -0.2) is 18.8 Å². The van der Waals surface area contributed by atoms with Gasteiger partial charge in [-0.2, -0.15) is 0 Å². The first-order valence-corrected chi connectivity index (χ1v) is 6.34. The van der Waals surface area contributed by atoms with Gasteiger partial charge in [0.1, 0.15) is 5.69 Å². The van der Waals surface area contributed by atoms with E-state index in [1.165, 1.54) is 0 Å². The summed E-state index contributed by atoms with van der Waals surface area (Å²) in [5.74, 6) is 0. The van der Waals surface area contributed by atoms with Crippen molar-refractivity contribution in [1.29, 1.82) is 0 Å². The van der Waals surface area contributed by atoms with Crippen molar-refractivity contribution >= 4 is 58.0 Å². The van der Waals surface area contributed by atoms with Crippen molar-refractivity contribution in [2.75, 3.05) is 0 Å². The van der Waals surface area contributed by atoms with Crippen LogP contribution < -0.4 is 0 Å². The summed E-state index contributed by atoms with van der Waals surface area (Å²) in [6.45, 7) is 5.67. The summed E-state index contributed by atoms with van der Waals surface area (Å²) in [5, 5.41) is 7.79. The molecule has 0 atom stereocenters. The van der Waals surface area contributed by atoms with Crippen molar-refractivity contribution in [3.8, 4) is 0 Å². The number of rotatable bonds is 2. The molecule has 1 heterocycles. The molecule has 0 saturated carbocycles. The van der Waals surface area contributed by atoms with E-state index < -0.39 is 8.13 Å². The number of halogens is 5. The largest absolute Gasteiger partial charge is 0.247 e. The highest BCUT2D eigenvalue weighted by Gasteiger charge is 2.50. The molecule has 0 bridgehead atoms. The molecule has 0 aliphatic carbocycles. The van der Waals surface area contributed by atoms with Crippen LogP contribution in [0, 0.1) is 6.92 Å². The van der Waals surface area contributed by atoms with E-state index in [9.17, 15) is 0 Å². The summed E-state index contributed by atoms with van der Waals surface area (Å²) >= 11 is 29.2. The van der Waals surface area contributed by atoms with Crippen LogP contribution in [-0.2, 0) is 4.33 Å². The second kappa shape index (κ2) is 4.69. The highest BCUT2D eigenvalue weighted by molar-refractivity contribution is 6.75. The third-order valence-corrected chi connectivity index (χ3v) is 4.43. The Morgan fingerprint density at radius 3 is 1.94 bits per heavy atom. The fourth-order valence-electron chi connectivity index (χ4n) is 1.26. The van der Waals surface area contributed by atoms with E-state index in [1.807, 2.05) is 13.8 Å². The predicted molar refractivity (Wildman–Crippen MR) is 68.8 cm³/mol. The van der Waals surface area contributed by atoms with E-state index in [0.717, 1.165) is 0 Å². The molecule has 0 spiro atoms. The lowest BCUT2D eigenvalue weighted by molar-refractivity contribution is 0.502. The van der Waals surface area contributed by atoms with Crippen molar-refractivity contribution in [2.24, 2.45) is 0 Å². The van der Waals surface area contributed by atoms with Crippen LogP contribution in [0.5, 0.6) is 0 Å². The maximum Gasteiger partial charge on any atom is 0.228 e. The average molecular weight is 325 g/mol. The SMILES string of the molecule is Cc1c(C(Cl)(Cl)C(Cl)(Cl)Cl)nnn1C(C)C. The number of nitrogens with zero attached hydrogens (tertiary/aromatic N) is 3. The molecule has 92 valence electrons. The van der Waals surface area contributed by atoms with Crippen molar-refractivity contribution < 1.29 is 0 Å². The van der Waals surface area contributed by atoms with Gasteiger partial charge in [0.25, 0.3) is 0 Å². The molecule has 0 radical (unpaired) electrons. The highest BCUT2D eigenvalue weighted by atomic mass is 35.6. The Labute approximate surface area is 119 Å². The van der Waals surface area contributed by atoms with Crippen molar-refractivity contribution in [3.63, 3.8) is 0 Å². The van der Waals surface area contributed by atoms with Crippen LogP contribution in [0.25, 0.3) is 0 Å². The minimum atomic E-state index is -1.88. The van der Waals surface area contributed by atoms with Gasteiger partial charge in [-0.3, -0.25) is 0 Å². The smallest absolute Gasteiger partial charge is 0.228 e. The van der Waals surface area contributed by atoms with Crippen molar-refractivity contribution in [3.05, 3.63) is 11.4 Å². The van der Waals surface area contributed by atoms with E-state index in [-0.39, 0.29) is 11.7 Å². The monoisotopic (exact) mass is 323 g/mol. The Kier molecular flexibility index (Phi) is 4.30. The molecule has 0 saturated heterocycles. The predicted octanol–water partition coefficient (Wildman–Crippen LogP) is 4.17. The van der Waals surface area contributed by atoms with Gasteiger partial charge in [-0.05, 0) is 20.8 Å². The quantitative estimate of drug-likeness (QED) is 0.764. The van der Waals surface area contributed by atoms with E-state index in [0.29, 0.717) is 5.69 Å². The van der Waals surface area contributed by atoms with E-state index in [2.05, 4.69) is 10.3 Å². The minimum absolute atomic E-state index is 0.126. The normalized spacial score (nSPS) is 13.6. The summed E-state index contributed by atoms with van der Waals surface area (Å²) in [6.07, 6.45) is 0. The molecule has 0 aromatic carbocycles. The maximum absolute atomic E-state index is 6.01. The van der Waals surface area contributed by atoms with Crippen LogP contribution in [0.2, 0.25) is 0 Å². The zero-order chi connectivity index (χ0) is 12.7. The molecule has 1 rings (SSSR count). The Balaban J connectivity index is 3.25. The molecule has 0 fully saturated rings. The summed E-state index contributed by atoms with van der Waals surface area (Å²) < 4.78 is -1.95. The molecule has 0 unspecified atom stereocenters. The lowest BCUT2D eigenvalue weighted by Gasteiger charge is -2.25. The van der Waals surface area contributed by atoms with E-state index in [4.69, 9.17) is 58.0 Å². The molecular weight excluding hydrogens is 315 g/mol. The summed E-state index contributed by atoms with van der Waals surface area (Å²) in [7, 11) is 0. The Morgan fingerprint density at radius 2 is 1.62 bits per heavy atom. The summed E-state index contributed by atoms with van der Waals surface area (Å²) in [6, 6.07) is 0.126. The molecule has 0 aliphatic rings. The maximum atomic E-state index is 6.01. The third-order valence-electron chi connectivity index (χ3n) is 2.07. The molecule has 8 heteroatoms. The van der Waals surface area contributed by atoms with Crippen LogP contribution in [0.4, 0.5) is 0 Å². The van der Waals surface area contributed by atoms with Gasteiger partial charge in [-0.1, -0.05) is 63.2 Å².